The number of rotatable bonds is 7. The molecule has 3 aromatic heterocycles. The molecule has 0 unspecified atom stereocenters. The monoisotopic (exact) mass is 994 g/mol. The Morgan fingerprint density at radius 1 is 0.655 bits per heavy atom. The highest BCUT2D eigenvalue weighted by Gasteiger charge is 2.52. The molecule has 6 heterocycles. The molecule has 3 aliphatic rings. The van der Waals surface area contributed by atoms with Crippen LogP contribution in [0, 0.1) is 7.14 Å². The van der Waals surface area contributed by atoms with Gasteiger partial charge in [-0.2, -0.15) is 15.3 Å². The lowest BCUT2D eigenvalue weighted by Crippen LogP contribution is -2.51. The molecule has 0 saturated carbocycles. The Bertz CT molecular complexity index is 1740. The standard InChI is InChI=1S/C17H28BN3O4.C11H16IN3O2.C7H9IN2O2.CH4/c1-15(2,14(22)20-7-9-23-10-8-20)21-12-13(11-19-21)18-24-16(3,4)17(5,6)25-18;1-11(2,15-8-9(12)7-13-15)10(16)14-3-5-17-6-4-14;1-7(2,6(11)12)10-4-5(8)3-9-10;/h11-12H,7-10H2,1-6H3;7-8H,3-6H2,1-2H3;3-4H,1-2H3,(H,11,12);1H4. The number of amides is 2. The number of halogens is 2. The van der Waals surface area contributed by atoms with Gasteiger partial charge < -0.3 is 33.7 Å². The highest BCUT2D eigenvalue weighted by Crippen LogP contribution is 2.36. The van der Waals surface area contributed by atoms with Gasteiger partial charge in [0.1, 0.15) is 11.1 Å². The van der Waals surface area contributed by atoms with Gasteiger partial charge >= 0.3 is 13.1 Å². The van der Waals surface area contributed by atoms with Crippen LogP contribution < -0.4 is 5.46 Å². The summed E-state index contributed by atoms with van der Waals surface area (Å²) in [6.45, 7) is 23.8. The number of nitrogens with zero attached hydrogens (tertiary/aromatic N) is 8. The summed E-state index contributed by atoms with van der Waals surface area (Å²) < 4.78 is 29.6. The van der Waals surface area contributed by atoms with E-state index in [0.717, 1.165) is 12.6 Å². The summed E-state index contributed by atoms with van der Waals surface area (Å²) in [5.74, 6) is -0.748. The van der Waals surface area contributed by atoms with Crippen LogP contribution in [-0.4, -0.2) is 133 Å². The quantitative estimate of drug-likeness (QED) is 0.270. The molecule has 0 spiro atoms. The highest BCUT2D eigenvalue weighted by atomic mass is 127. The summed E-state index contributed by atoms with van der Waals surface area (Å²) in [5, 5.41) is 21.4. The number of carbonyl (C=O) groups is 3. The minimum absolute atomic E-state index is 0. The molecule has 0 bridgehead atoms. The number of aliphatic carboxylic acids is 1. The summed E-state index contributed by atoms with van der Waals surface area (Å²) in [6.07, 6.45) is 10.5. The van der Waals surface area contributed by atoms with E-state index in [1.807, 2.05) is 77.6 Å². The van der Waals surface area contributed by atoms with Crippen LogP contribution in [0.3, 0.4) is 0 Å². The first-order chi connectivity index (χ1) is 25.0. The molecule has 55 heavy (non-hydrogen) atoms. The van der Waals surface area contributed by atoms with Crippen LogP contribution in [0.2, 0.25) is 0 Å². The SMILES string of the molecule is C.CC(C)(C(=O)N1CCOCC1)n1cc(B2OC(C)(C)C(C)(C)O2)cn1.CC(C)(C(=O)N1CCOCC1)n1cc(I)cn1.CC(C)(C(=O)O)n1cc(I)cn1. The molecule has 3 fully saturated rings. The Labute approximate surface area is 352 Å². The average Bonchev–Trinajstić information content (AvgIpc) is 3.93. The fraction of sp³-hybridized carbons (Fsp3) is 0.667. The molecule has 16 nitrogen and oxygen atoms in total. The number of carboxylic acid groups (broad SMARTS) is 1. The van der Waals surface area contributed by atoms with Crippen LogP contribution in [0.15, 0.2) is 37.2 Å². The summed E-state index contributed by atoms with van der Waals surface area (Å²) in [5.41, 5.74) is -2.37. The van der Waals surface area contributed by atoms with Crippen LogP contribution in [-0.2, 0) is 49.8 Å². The molecule has 0 atom stereocenters. The summed E-state index contributed by atoms with van der Waals surface area (Å²) in [7, 11) is -0.479. The molecule has 3 aromatic rings. The zero-order valence-electron chi connectivity index (χ0n) is 32.8. The Hall–Kier alpha value is -2.60. The van der Waals surface area contributed by atoms with Crippen molar-refractivity contribution in [3.63, 3.8) is 0 Å². The van der Waals surface area contributed by atoms with Crippen molar-refractivity contribution in [3.05, 3.63) is 44.3 Å². The van der Waals surface area contributed by atoms with Crippen LogP contribution >= 0.6 is 45.2 Å². The van der Waals surface area contributed by atoms with Gasteiger partial charge in [0.25, 0.3) is 0 Å². The highest BCUT2D eigenvalue weighted by molar-refractivity contribution is 14.1. The lowest BCUT2D eigenvalue weighted by atomic mass is 9.82. The summed E-state index contributed by atoms with van der Waals surface area (Å²) in [4.78, 5) is 39.8. The summed E-state index contributed by atoms with van der Waals surface area (Å²) in [6, 6.07) is 0. The van der Waals surface area contributed by atoms with Crippen LogP contribution in [0.1, 0.15) is 76.7 Å². The average molecular weight is 995 g/mol. The van der Waals surface area contributed by atoms with Crippen molar-refractivity contribution in [3.8, 4) is 0 Å². The molecule has 1 N–H and O–H groups in total. The zero-order valence-corrected chi connectivity index (χ0v) is 37.2. The van der Waals surface area contributed by atoms with E-state index in [4.69, 9.17) is 23.9 Å². The first-order valence-electron chi connectivity index (χ1n) is 17.8. The van der Waals surface area contributed by atoms with E-state index in [2.05, 4.69) is 60.5 Å². The number of hydrogen-bond donors (Lipinski definition) is 1. The fourth-order valence-electron chi connectivity index (χ4n) is 5.56. The number of ether oxygens (including phenoxy) is 2. The third kappa shape index (κ3) is 10.9. The maximum absolute atomic E-state index is 12.9. The van der Waals surface area contributed by atoms with Crippen molar-refractivity contribution >= 4 is 75.5 Å². The van der Waals surface area contributed by atoms with Gasteiger partial charge in [0.05, 0.1) is 57.2 Å². The third-order valence-corrected chi connectivity index (χ3v) is 11.2. The zero-order chi connectivity index (χ0) is 40.3. The van der Waals surface area contributed by atoms with Crippen LogP contribution in [0.5, 0.6) is 0 Å². The predicted molar refractivity (Wildman–Crippen MR) is 225 cm³/mol. The predicted octanol–water partition coefficient (Wildman–Crippen LogP) is 3.80. The van der Waals surface area contributed by atoms with E-state index in [0.29, 0.717) is 52.6 Å². The number of hydrogen-bond acceptors (Lipinski definition) is 10. The smallest absolute Gasteiger partial charge is 0.479 e. The Morgan fingerprint density at radius 3 is 1.35 bits per heavy atom. The van der Waals surface area contributed by atoms with Crippen molar-refractivity contribution in [2.24, 2.45) is 0 Å². The first kappa shape index (κ1) is 46.8. The Morgan fingerprint density at radius 2 is 1.00 bits per heavy atom. The molecule has 3 aliphatic heterocycles. The van der Waals surface area contributed by atoms with Crippen molar-refractivity contribution in [2.75, 3.05) is 52.6 Å². The molecule has 0 aliphatic carbocycles. The molecule has 3 saturated heterocycles. The largest absolute Gasteiger partial charge is 0.498 e. The number of carbonyl (C=O) groups excluding carboxylic acids is 2. The molecule has 2 amide bonds. The Balaban J connectivity index is 0.000000236. The van der Waals surface area contributed by atoms with Crippen LogP contribution in [0.4, 0.5) is 0 Å². The fourth-order valence-corrected chi connectivity index (χ4v) is 6.33. The maximum Gasteiger partial charge on any atom is 0.498 e. The van der Waals surface area contributed by atoms with Gasteiger partial charge in [0.15, 0.2) is 5.54 Å². The summed E-state index contributed by atoms with van der Waals surface area (Å²) >= 11 is 4.28. The van der Waals surface area contributed by atoms with Crippen molar-refractivity contribution in [1.82, 2.24) is 39.1 Å². The third-order valence-electron chi connectivity index (χ3n) is 10.1. The van der Waals surface area contributed by atoms with Gasteiger partial charge in [-0.15, -0.1) is 0 Å². The Kier molecular flexibility index (Phi) is 15.6. The lowest BCUT2D eigenvalue weighted by molar-refractivity contribution is -0.146. The van der Waals surface area contributed by atoms with Gasteiger partial charge in [-0.25, -0.2) is 4.79 Å². The van der Waals surface area contributed by atoms with Crippen molar-refractivity contribution < 1.29 is 38.3 Å². The number of carboxylic acids is 1. The molecule has 6 rings (SSSR count). The van der Waals surface area contributed by atoms with Gasteiger partial charge in [0, 0.05) is 56.4 Å². The van der Waals surface area contributed by atoms with E-state index >= 15 is 0 Å². The normalized spacial score (nSPS) is 18.4. The molecule has 0 aromatic carbocycles. The molecule has 306 valence electrons. The van der Waals surface area contributed by atoms with E-state index < -0.39 is 40.9 Å². The van der Waals surface area contributed by atoms with Gasteiger partial charge in [-0.3, -0.25) is 23.6 Å². The van der Waals surface area contributed by atoms with E-state index in [-0.39, 0.29) is 19.2 Å². The maximum atomic E-state index is 12.9. The first-order valence-corrected chi connectivity index (χ1v) is 20.0. The van der Waals surface area contributed by atoms with Crippen molar-refractivity contribution in [1.29, 1.82) is 0 Å². The van der Waals surface area contributed by atoms with E-state index in [9.17, 15) is 14.4 Å². The van der Waals surface area contributed by atoms with E-state index in [1.54, 1.807) is 48.0 Å². The molecule has 0 radical (unpaired) electrons. The van der Waals surface area contributed by atoms with Gasteiger partial charge in [0.2, 0.25) is 11.8 Å². The number of morpholine rings is 2. The molecular formula is C36H57BI2N8O8. The minimum Gasteiger partial charge on any atom is -0.479 e. The van der Waals surface area contributed by atoms with Gasteiger partial charge in [-0.1, -0.05) is 7.43 Å². The van der Waals surface area contributed by atoms with E-state index in [1.165, 1.54) is 4.68 Å². The minimum atomic E-state index is -0.969. The second-order valence-corrected chi connectivity index (χ2v) is 18.3. The molecular weight excluding hydrogens is 937 g/mol. The topological polar surface area (TPSA) is 168 Å². The molecule has 19 heteroatoms. The second kappa shape index (κ2) is 18.3. The van der Waals surface area contributed by atoms with Crippen LogP contribution in [0.25, 0.3) is 0 Å². The van der Waals surface area contributed by atoms with Crippen molar-refractivity contribution in [2.45, 2.75) is 104 Å². The van der Waals surface area contributed by atoms with Gasteiger partial charge in [-0.05, 0) is 114 Å². The lowest BCUT2D eigenvalue weighted by Gasteiger charge is -2.34. The second-order valence-electron chi connectivity index (χ2n) is 15.8. The number of aromatic nitrogens is 6.